The standard InChI is InChI=1S/C10H9N5OS/c16-4-6-3-8(15-14-6)13-9-7-1-2-17-10(7)12-5-11-9/h1-3,5,16H,4H2,(H2,11,12,13,14,15). The number of anilines is 2. The van der Waals surface area contributed by atoms with Crippen LogP contribution in [0.5, 0.6) is 0 Å². The van der Waals surface area contributed by atoms with Gasteiger partial charge in [0.15, 0.2) is 5.82 Å². The van der Waals surface area contributed by atoms with E-state index in [0.29, 0.717) is 17.3 Å². The average molecular weight is 247 g/mol. The third-order valence-corrected chi connectivity index (χ3v) is 3.13. The molecule has 3 aromatic rings. The number of aromatic amines is 1. The second-order valence-electron chi connectivity index (χ2n) is 3.42. The van der Waals surface area contributed by atoms with Gasteiger partial charge in [0.05, 0.1) is 17.7 Å². The molecule has 0 aliphatic rings. The van der Waals surface area contributed by atoms with Crippen molar-refractivity contribution in [2.24, 2.45) is 0 Å². The van der Waals surface area contributed by atoms with Crippen molar-refractivity contribution in [3.8, 4) is 0 Å². The summed E-state index contributed by atoms with van der Waals surface area (Å²) in [6.07, 6.45) is 1.51. The monoisotopic (exact) mass is 247 g/mol. The van der Waals surface area contributed by atoms with Gasteiger partial charge in [0, 0.05) is 6.07 Å². The van der Waals surface area contributed by atoms with Gasteiger partial charge in [-0.1, -0.05) is 0 Å². The van der Waals surface area contributed by atoms with Crippen molar-refractivity contribution < 1.29 is 5.11 Å². The predicted molar refractivity (Wildman–Crippen MR) is 65.2 cm³/mol. The molecule has 0 bridgehead atoms. The lowest BCUT2D eigenvalue weighted by molar-refractivity contribution is 0.276. The quantitative estimate of drug-likeness (QED) is 0.655. The molecule has 0 aromatic carbocycles. The number of thiophene rings is 1. The molecule has 0 fully saturated rings. The second-order valence-corrected chi connectivity index (χ2v) is 4.32. The van der Waals surface area contributed by atoms with Crippen LogP contribution in [-0.4, -0.2) is 25.3 Å². The minimum absolute atomic E-state index is 0.0632. The van der Waals surface area contributed by atoms with Crippen molar-refractivity contribution in [2.45, 2.75) is 6.61 Å². The summed E-state index contributed by atoms with van der Waals surface area (Å²) in [7, 11) is 0. The Bertz CT molecular complexity index is 647. The van der Waals surface area contributed by atoms with Crippen molar-refractivity contribution in [2.75, 3.05) is 5.32 Å². The Labute approximate surface area is 100 Å². The maximum Gasteiger partial charge on any atom is 0.153 e. The van der Waals surface area contributed by atoms with Crippen molar-refractivity contribution in [1.82, 2.24) is 20.2 Å². The van der Waals surface area contributed by atoms with Gasteiger partial charge in [0.2, 0.25) is 0 Å². The molecule has 7 heteroatoms. The number of H-pyrrole nitrogens is 1. The summed E-state index contributed by atoms with van der Waals surface area (Å²) >= 11 is 1.56. The van der Waals surface area contributed by atoms with Crippen LogP contribution in [0.2, 0.25) is 0 Å². The summed E-state index contributed by atoms with van der Waals surface area (Å²) in [5.74, 6) is 1.34. The Balaban J connectivity index is 1.96. The van der Waals surface area contributed by atoms with Crippen LogP contribution in [-0.2, 0) is 6.61 Å². The van der Waals surface area contributed by atoms with Crippen molar-refractivity contribution in [1.29, 1.82) is 0 Å². The lowest BCUT2D eigenvalue weighted by Gasteiger charge is -2.01. The molecule has 0 atom stereocenters. The van der Waals surface area contributed by atoms with E-state index in [1.807, 2.05) is 11.4 Å². The highest BCUT2D eigenvalue weighted by molar-refractivity contribution is 7.16. The van der Waals surface area contributed by atoms with E-state index < -0.39 is 0 Å². The van der Waals surface area contributed by atoms with Crippen LogP contribution in [0.3, 0.4) is 0 Å². The molecule has 0 aliphatic carbocycles. The number of hydrogen-bond acceptors (Lipinski definition) is 6. The van der Waals surface area contributed by atoms with E-state index in [2.05, 4.69) is 25.5 Å². The average Bonchev–Trinajstić information content (AvgIpc) is 2.97. The molecular formula is C10H9N5OS. The lowest BCUT2D eigenvalue weighted by Crippen LogP contribution is -1.94. The first-order valence-corrected chi connectivity index (χ1v) is 5.85. The summed E-state index contributed by atoms with van der Waals surface area (Å²) in [6, 6.07) is 3.70. The van der Waals surface area contributed by atoms with Gasteiger partial charge in [-0.25, -0.2) is 9.97 Å². The molecule has 0 aliphatic heterocycles. The van der Waals surface area contributed by atoms with Crippen molar-refractivity contribution >= 4 is 33.2 Å². The van der Waals surface area contributed by atoms with E-state index in [1.165, 1.54) is 6.33 Å². The zero-order valence-corrected chi connectivity index (χ0v) is 9.53. The largest absolute Gasteiger partial charge is 0.390 e. The molecule has 6 nitrogen and oxygen atoms in total. The number of aromatic nitrogens is 4. The molecule has 0 saturated heterocycles. The summed E-state index contributed by atoms with van der Waals surface area (Å²) < 4.78 is 0. The molecule has 0 radical (unpaired) electrons. The smallest absolute Gasteiger partial charge is 0.153 e. The second kappa shape index (κ2) is 4.11. The third kappa shape index (κ3) is 1.85. The number of aliphatic hydroxyl groups excluding tert-OH is 1. The Hall–Kier alpha value is -1.99. The van der Waals surface area contributed by atoms with Gasteiger partial charge in [0.1, 0.15) is 17.0 Å². The van der Waals surface area contributed by atoms with Crippen LogP contribution in [0.4, 0.5) is 11.6 Å². The van der Waals surface area contributed by atoms with Gasteiger partial charge in [-0.2, -0.15) is 5.10 Å². The van der Waals surface area contributed by atoms with Gasteiger partial charge in [-0.05, 0) is 11.4 Å². The van der Waals surface area contributed by atoms with E-state index in [4.69, 9.17) is 5.11 Å². The first-order chi connectivity index (χ1) is 8.36. The van der Waals surface area contributed by atoms with Gasteiger partial charge >= 0.3 is 0 Å². The first-order valence-electron chi connectivity index (χ1n) is 4.97. The molecule has 3 aromatic heterocycles. The number of rotatable bonds is 3. The van der Waals surface area contributed by atoms with E-state index in [0.717, 1.165) is 10.2 Å². The maximum absolute atomic E-state index is 8.93. The van der Waals surface area contributed by atoms with Crippen LogP contribution in [0.15, 0.2) is 23.8 Å². The highest BCUT2D eigenvalue weighted by Crippen LogP contribution is 2.25. The fraction of sp³-hybridized carbons (Fsp3) is 0.100. The number of fused-ring (bicyclic) bond motifs is 1. The summed E-state index contributed by atoms with van der Waals surface area (Å²) in [6.45, 7) is -0.0632. The third-order valence-electron chi connectivity index (χ3n) is 2.31. The van der Waals surface area contributed by atoms with Gasteiger partial charge in [0.25, 0.3) is 0 Å². The Morgan fingerprint density at radius 3 is 3.18 bits per heavy atom. The highest BCUT2D eigenvalue weighted by atomic mass is 32.1. The molecule has 0 spiro atoms. The zero-order chi connectivity index (χ0) is 11.7. The number of hydrogen-bond donors (Lipinski definition) is 3. The number of nitrogens with one attached hydrogen (secondary N) is 2. The highest BCUT2D eigenvalue weighted by Gasteiger charge is 2.06. The molecule has 3 N–H and O–H groups in total. The van der Waals surface area contributed by atoms with Crippen molar-refractivity contribution in [3.05, 3.63) is 29.5 Å². The molecule has 17 heavy (non-hydrogen) atoms. The molecule has 3 rings (SSSR count). The van der Waals surface area contributed by atoms with Crippen LogP contribution in [0, 0.1) is 0 Å². The minimum Gasteiger partial charge on any atom is -0.390 e. The summed E-state index contributed by atoms with van der Waals surface area (Å²) in [5, 5.41) is 21.7. The zero-order valence-electron chi connectivity index (χ0n) is 8.71. The predicted octanol–water partition coefficient (Wildman–Crippen LogP) is 1.65. The normalized spacial score (nSPS) is 10.9. The minimum atomic E-state index is -0.0632. The molecule has 0 saturated carbocycles. The SMILES string of the molecule is OCc1cc(Nc2ncnc3sccc23)n[nH]1. The molecule has 86 valence electrons. The van der Waals surface area contributed by atoms with Crippen molar-refractivity contribution in [3.63, 3.8) is 0 Å². The molecule has 0 unspecified atom stereocenters. The lowest BCUT2D eigenvalue weighted by atomic mass is 10.3. The van der Waals surface area contributed by atoms with E-state index in [9.17, 15) is 0 Å². The Morgan fingerprint density at radius 1 is 1.41 bits per heavy atom. The Kier molecular flexibility index (Phi) is 2.46. The number of aliphatic hydroxyl groups is 1. The molecular weight excluding hydrogens is 238 g/mol. The van der Waals surface area contributed by atoms with Gasteiger partial charge in [-0.3, -0.25) is 5.10 Å². The summed E-state index contributed by atoms with van der Waals surface area (Å²) in [5.41, 5.74) is 0.656. The first kappa shape index (κ1) is 10.2. The van der Waals surface area contributed by atoms with Crippen LogP contribution < -0.4 is 5.32 Å². The Morgan fingerprint density at radius 2 is 2.35 bits per heavy atom. The van der Waals surface area contributed by atoms with Crippen LogP contribution >= 0.6 is 11.3 Å². The topological polar surface area (TPSA) is 86.7 Å². The van der Waals surface area contributed by atoms with E-state index >= 15 is 0 Å². The molecule has 0 amide bonds. The number of nitrogens with zero attached hydrogens (tertiary/aromatic N) is 3. The van der Waals surface area contributed by atoms with E-state index in [1.54, 1.807) is 17.4 Å². The van der Waals surface area contributed by atoms with Crippen LogP contribution in [0.1, 0.15) is 5.69 Å². The fourth-order valence-corrected chi connectivity index (χ4v) is 2.25. The molecule has 3 heterocycles. The van der Waals surface area contributed by atoms with Gasteiger partial charge < -0.3 is 10.4 Å². The summed E-state index contributed by atoms with van der Waals surface area (Å²) in [4.78, 5) is 9.27. The maximum atomic E-state index is 8.93. The van der Waals surface area contributed by atoms with Gasteiger partial charge in [-0.15, -0.1) is 11.3 Å². The van der Waals surface area contributed by atoms with E-state index in [-0.39, 0.29) is 6.61 Å². The van der Waals surface area contributed by atoms with Crippen LogP contribution in [0.25, 0.3) is 10.2 Å². The fourth-order valence-electron chi connectivity index (χ4n) is 1.52.